The van der Waals surface area contributed by atoms with Gasteiger partial charge < -0.3 is 5.32 Å². The van der Waals surface area contributed by atoms with Gasteiger partial charge in [0.05, 0.1) is 5.69 Å². The molecule has 3 aromatic rings. The van der Waals surface area contributed by atoms with Crippen molar-refractivity contribution in [2.45, 2.75) is 6.92 Å². The Morgan fingerprint density at radius 3 is 2.50 bits per heavy atom. The van der Waals surface area contributed by atoms with Gasteiger partial charge in [0.1, 0.15) is 0 Å². The molecule has 0 spiro atoms. The fourth-order valence-electron chi connectivity index (χ4n) is 1.93. The van der Waals surface area contributed by atoms with Gasteiger partial charge in [0.15, 0.2) is 5.82 Å². The lowest BCUT2D eigenvalue weighted by molar-refractivity contribution is 0.786. The number of hydrogen-bond donors (Lipinski definition) is 1. The molecular formula is C16H14ClN5. The zero-order valence-electron chi connectivity index (χ0n) is 11.9. The number of nitrogens with one attached hydrogen (secondary N) is 1. The molecule has 0 saturated heterocycles. The highest BCUT2D eigenvalue weighted by atomic mass is 35.5. The summed E-state index contributed by atoms with van der Waals surface area (Å²) in [6.45, 7) is 2.04. The Balaban J connectivity index is 1.76. The molecule has 0 radical (unpaired) electrons. The number of tetrazole rings is 1. The molecule has 0 saturated carbocycles. The van der Waals surface area contributed by atoms with Gasteiger partial charge in [-0.3, -0.25) is 0 Å². The van der Waals surface area contributed by atoms with Crippen LogP contribution in [0.15, 0.2) is 54.7 Å². The Hall–Kier alpha value is -2.66. The average molecular weight is 312 g/mol. The highest BCUT2D eigenvalue weighted by molar-refractivity contribution is 6.30. The fourth-order valence-corrected chi connectivity index (χ4v) is 2.05. The van der Waals surface area contributed by atoms with Crippen LogP contribution in [0.2, 0.25) is 5.02 Å². The normalized spacial score (nSPS) is 11.0. The maximum Gasteiger partial charge on any atom is 0.181 e. The third-order valence-electron chi connectivity index (χ3n) is 3.10. The number of nitrogens with zero attached hydrogens (tertiary/aromatic N) is 4. The Morgan fingerprint density at radius 1 is 1.05 bits per heavy atom. The Labute approximate surface area is 133 Å². The highest BCUT2D eigenvalue weighted by Gasteiger charge is 2.04. The van der Waals surface area contributed by atoms with Gasteiger partial charge >= 0.3 is 0 Å². The molecule has 110 valence electrons. The van der Waals surface area contributed by atoms with Crippen LogP contribution in [-0.2, 0) is 0 Å². The van der Waals surface area contributed by atoms with Gasteiger partial charge in [0, 0.05) is 23.0 Å². The van der Waals surface area contributed by atoms with Crippen LogP contribution in [0.4, 0.5) is 5.69 Å². The van der Waals surface area contributed by atoms with Crippen LogP contribution in [0, 0.1) is 6.92 Å². The fraction of sp³-hybridized carbons (Fsp3) is 0.0625. The first-order valence-electron chi connectivity index (χ1n) is 6.76. The van der Waals surface area contributed by atoms with E-state index >= 15 is 0 Å². The second kappa shape index (κ2) is 6.41. The largest absolute Gasteiger partial charge is 0.362 e. The van der Waals surface area contributed by atoms with Crippen molar-refractivity contribution in [2.24, 2.45) is 0 Å². The van der Waals surface area contributed by atoms with Crippen LogP contribution >= 0.6 is 11.6 Å². The molecule has 0 atom stereocenters. The number of benzene rings is 2. The van der Waals surface area contributed by atoms with Crippen molar-refractivity contribution in [3.05, 3.63) is 71.1 Å². The molecule has 0 aliphatic rings. The molecule has 1 aromatic heterocycles. The molecular weight excluding hydrogens is 298 g/mol. The molecule has 0 unspecified atom stereocenters. The first-order chi connectivity index (χ1) is 10.7. The summed E-state index contributed by atoms with van der Waals surface area (Å²) < 4.78 is 1.68. The summed E-state index contributed by atoms with van der Waals surface area (Å²) in [5.41, 5.74) is 3.05. The summed E-state index contributed by atoms with van der Waals surface area (Å²) in [5, 5.41) is 15.6. The number of hydrogen-bond acceptors (Lipinski definition) is 4. The van der Waals surface area contributed by atoms with E-state index in [2.05, 4.69) is 20.8 Å². The standard InChI is InChI=1S/C16H14ClN5/c1-12-2-8-15(9-3-12)22-16(19-20-21-22)10-11-18-14-6-4-13(17)5-7-14/h2-11,18H,1H3. The van der Waals surface area contributed by atoms with E-state index in [1.165, 1.54) is 5.56 Å². The zero-order chi connectivity index (χ0) is 15.4. The SMILES string of the molecule is Cc1ccc(-n2nnnc2C=CNc2ccc(Cl)cc2)cc1. The van der Waals surface area contributed by atoms with Crippen LogP contribution in [0.3, 0.4) is 0 Å². The third kappa shape index (κ3) is 3.32. The molecule has 5 nitrogen and oxygen atoms in total. The molecule has 1 heterocycles. The molecule has 0 bridgehead atoms. The number of halogens is 1. The number of aryl methyl sites for hydroxylation is 1. The van der Waals surface area contributed by atoms with Gasteiger partial charge in [-0.05, 0) is 53.7 Å². The minimum Gasteiger partial charge on any atom is -0.362 e. The molecule has 1 N–H and O–H groups in total. The van der Waals surface area contributed by atoms with Crippen molar-refractivity contribution in [1.82, 2.24) is 20.2 Å². The number of anilines is 1. The second-order valence-electron chi connectivity index (χ2n) is 4.77. The van der Waals surface area contributed by atoms with E-state index in [4.69, 9.17) is 11.6 Å². The predicted octanol–water partition coefficient (Wildman–Crippen LogP) is 3.71. The summed E-state index contributed by atoms with van der Waals surface area (Å²) in [5.74, 6) is 0.644. The van der Waals surface area contributed by atoms with E-state index in [1.54, 1.807) is 10.9 Å². The number of aromatic nitrogens is 4. The van der Waals surface area contributed by atoms with E-state index in [-0.39, 0.29) is 0 Å². The monoisotopic (exact) mass is 311 g/mol. The molecule has 3 rings (SSSR count). The van der Waals surface area contributed by atoms with E-state index < -0.39 is 0 Å². The van der Waals surface area contributed by atoms with Gasteiger partial charge in [0.2, 0.25) is 0 Å². The third-order valence-corrected chi connectivity index (χ3v) is 3.35. The molecule has 0 fully saturated rings. The Bertz CT molecular complexity index is 775. The Morgan fingerprint density at radius 2 is 1.77 bits per heavy atom. The smallest absolute Gasteiger partial charge is 0.181 e. The summed E-state index contributed by atoms with van der Waals surface area (Å²) >= 11 is 5.85. The summed E-state index contributed by atoms with van der Waals surface area (Å²) in [6.07, 6.45) is 3.61. The van der Waals surface area contributed by atoms with Crippen molar-refractivity contribution >= 4 is 23.4 Å². The second-order valence-corrected chi connectivity index (χ2v) is 5.21. The van der Waals surface area contributed by atoms with Gasteiger partial charge in [0.25, 0.3) is 0 Å². The van der Waals surface area contributed by atoms with Crippen LogP contribution in [0.5, 0.6) is 0 Å². The summed E-state index contributed by atoms with van der Waals surface area (Å²) in [4.78, 5) is 0. The lowest BCUT2D eigenvalue weighted by Gasteiger charge is -2.03. The zero-order valence-corrected chi connectivity index (χ0v) is 12.7. The summed E-state index contributed by atoms with van der Waals surface area (Å²) in [6, 6.07) is 15.5. The first-order valence-corrected chi connectivity index (χ1v) is 7.14. The summed E-state index contributed by atoms with van der Waals surface area (Å²) in [7, 11) is 0. The van der Waals surface area contributed by atoms with Gasteiger partial charge in [-0.25, -0.2) is 0 Å². The highest BCUT2D eigenvalue weighted by Crippen LogP contribution is 2.14. The molecule has 2 aromatic carbocycles. The van der Waals surface area contributed by atoms with Crippen molar-refractivity contribution in [3.8, 4) is 5.69 Å². The number of rotatable bonds is 4. The van der Waals surface area contributed by atoms with E-state index in [1.807, 2.05) is 61.5 Å². The van der Waals surface area contributed by atoms with Gasteiger partial charge in [-0.15, -0.1) is 5.10 Å². The van der Waals surface area contributed by atoms with Crippen LogP contribution in [-0.4, -0.2) is 20.2 Å². The molecule has 0 aliphatic carbocycles. The van der Waals surface area contributed by atoms with Crippen molar-refractivity contribution in [2.75, 3.05) is 5.32 Å². The minimum absolute atomic E-state index is 0.644. The van der Waals surface area contributed by atoms with E-state index in [0.717, 1.165) is 11.4 Å². The van der Waals surface area contributed by atoms with Crippen LogP contribution in [0.1, 0.15) is 11.4 Å². The van der Waals surface area contributed by atoms with Crippen molar-refractivity contribution < 1.29 is 0 Å². The lowest BCUT2D eigenvalue weighted by atomic mass is 10.2. The average Bonchev–Trinajstić information content (AvgIpc) is 2.98. The minimum atomic E-state index is 0.644. The quantitative estimate of drug-likeness (QED) is 0.798. The van der Waals surface area contributed by atoms with E-state index in [9.17, 15) is 0 Å². The maximum atomic E-state index is 5.85. The van der Waals surface area contributed by atoms with Crippen molar-refractivity contribution in [3.63, 3.8) is 0 Å². The lowest BCUT2D eigenvalue weighted by Crippen LogP contribution is -1.99. The molecule has 0 amide bonds. The predicted molar refractivity (Wildman–Crippen MR) is 88.0 cm³/mol. The van der Waals surface area contributed by atoms with Crippen molar-refractivity contribution in [1.29, 1.82) is 0 Å². The molecule has 0 aliphatic heterocycles. The van der Waals surface area contributed by atoms with Crippen LogP contribution in [0.25, 0.3) is 11.8 Å². The maximum absolute atomic E-state index is 5.85. The van der Waals surface area contributed by atoms with Gasteiger partial charge in [-0.2, -0.15) is 4.68 Å². The first kappa shape index (κ1) is 14.3. The molecule has 22 heavy (non-hydrogen) atoms. The van der Waals surface area contributed by atoms with Gasteiger partial charge in [-0.1, -0.05) is 29.3 Å². The van der Waals surface area contributed by atoms with E-state index in [0.29, 0.717) is 10.8 Å². The Kier molecular flexibility index (Phi) is 4.16. The topological polar surface area (TPSA) is 55.6 Å². The molecule has 6 heteroatoms. The van der Waals surface area contributed by atoms with Crippen LogP contribution < -0.4 is 5.32 Å².